The first kappa shape index (κ1) is 10.1. The highest BCUT2D eigenvalue weighted by Crippen LogP contribution is 2.31. The predicted octanol–water partition coefficient (Wildman–Crippen LogP) is 0.811. The van der Waals surface area contributed by atoms with E-state index in [1.165, 1.54) is 0 Å². The number of hydrogen-bond donors (Lipinski definition) is 1. The van der Waals surface area contributed by atoms with Crippen LogP contribution in [0.1, 0.15) is 32.6 Å². The largest absolute Gasteiger partial charge is 0.395 e. The van der Waals surface area contributed by atoms with E-state index in [9.17, 15) is 9.90 Å². The maximum Gasteiger partial charge on any atom is 0.134 e. The van der Waals surface area contributed by atoms with Gasteiger partial charge in [0.2, 0.25) is 0 Å². The molecule has 1 saturated carbocycles. The lowest BCUT2D eigenvalue weighted by Crippen LogP contribution is -2.41. The molecule has 1 saturated heterocycles. The Bertz CT molecular complexity index is 229. The van der Waals surface area contributed by atoms with Crippen molar-refractivity contribution in [1.29, 1.82) is 0 Å². The van der Waals surface area contributed by atoms with Crippen molar-refractivity contribution in [3.05, 3.63) is 0 Å². The molecule has 2 rings (SSSR count). The van der Waals surface area contributed by atoms with Gasteiger partial charge >= 0.3 is 0 Å². The molecule has 3 atom stereocenters. The Morgan fingerprint density at radius 2 is 2.29 bits per heavy atom. The number of rotatable bonds is 2. The van der Waals surface area contributed by atoms with Gasteiger partial charge in [-0.25, -0.2) is 0 Å². The van der Waals surface area contributed by atoms with Gasteiger partial charge < -0.3 is 5.11 Å². The van der Waals surface area contributed by atoms with Crippen molar-refractivity contribution in [1.82, 2.24) is 4.90 Å². The standard InChI is InChI=1S/C11H19NO2/c1-8-4-5-12(11(8)7-13)9-2-3-10(14)6-9/h8-9,11,13H,2-7H2,1H3. The number of Topliss-reactive ketones (excluding diaryl/α,β-unsaturated/α-hetero) is 1. The van der Waals surface area contributed by atoms with Crippen LogP contribution in [0.2, 0.25) is 0 Å². The van der Waals surface area contributed by atoms with Crippen LogP contribution in [-0.2, 0) is 4.79 Å². The summed E-state index contributed by atoms with van der Waals surface area (Å²) in [5, 5.41) is 9.31. The van der Waals surface area contributed by atoms with Gasteiger partial charge in [0.05, 0.1) is 6.61 Å². The molecular formula is C11H19NO2. The van der Waals surface area contributed by atoms with Crippen molar-refractivity contribution in [3.8, 4) is 0 Å². The van der Waals surface area contributed by atoms with Gasteiger partial charge in [-0.1, -0.05) is 6.92 Å². The monoisotopic (exact) mass is 197 g/mol. The van der Waals surface area contributed by atoms with E-state index < -0.39 is 0 Å². The van der Waals surface area contributed by atoms with Gasteiger partial charge in [-0.05, 0) is 25.3 Å². The number of carbonyl (C=O) groups excluding carboxylic acids is 1. The van der Waals surface area contributed by atoms with Crippen LogP contribution in [0.5, 0.6) is 0 Å². The van der Waals surface area contributed by atoms with Crippen LogP contribution in [-0.4, -0.2) is 41.0 Å². The smallest absolute Gasteiger partial charge is 0.134 e. The summed E-state index contributed by atoms with van der Waals surface area (Å²) in [5.74, 6) is 0.974. The quantitative estimate of drug-likeness (QED) is 0.712. The number of nitrogens with zero attached hydrogens (tertiary/aromatic N) is 1. The van der Waals surface area contributed by atoms with E-state index in [2.05, 4.69) is 11.8 Å². The van der Waals surface area contributed by atoms with Gasteiger partial charge in [0.1, 0.15) is 5.78 Å². The van der Waals surface area contributed by atoms with Crippen molar-refractivity contribution >= 4 is 5.78 Å². The zero-order valence-corrected chi connectivity index (χ0v) is 8.78. The second kappa shape index (κ2) is 3.99. The van der Waals surface area contributed by atoms with Crippen LogP contribution in [0.25, 0.3) is 0 Å². The second-order valence-electron chi connectivity index (χ2n) is 4.69. The van der Waals surface area contributed by atoms with Crippen LogP contribution < -0.4 is 0 Å². The first-order valence-corrected chi connectivity index (χ1v) is 5.60. The minimum Gasteiger partial charge on any atom is -0.395 e. The normalized spacial score (nSPS) is 39.6. The molecule has 1 aliphatic carbocycles. The van der Waals surface area contributed by atoms with Gasteiger partial charge in [-0.2, -0.15) is 0 Å². The van der Waals surface area contributed by atoms with Gasteiger partial charge in [0, 0.05) is 24.9 Å². The molecule has 0 aromatic heterocycles. The fourth-order valence-electron chi connectivity index (χ4n) is 2.85. The number of carbonyl (C=O) groups is 1. The van der Waals surface area contributed by atoms with E-state index >= 15 is 0 Å². The third-order valence-electron chi connectivity index (χ3n) is 3.80. The molecule has 2 fully saturated rings. The third-order valence-corrected chi connectivity index (χ3v) is 3.80. The number of ketones is 1. The molecular weight excluding hydrogens is 178 g/mol. The van der Waals surface area contributed by atoms with E-state index in [1.807, 2.05) is 0 Å². The molecule has 0 aromatic carbocycles. The number of likely N-dealkylation sites (tertiary alicyclic amines) is 1. The molecule has 1 heterocycles. The van der Waals surface area contributed by atoms with E-state index in [1.54, 1.807) is 0 Å². The Kier molecular flexibility index (Phi) is 2.88. The van der Waals surface area contributed by atoms with Crippen molar-refractivity contribution in [2.24, 2.45) is 5.92 Å². The SMILES string of the molecule is CC1CCN(C2CCC(=O)C2)C1CO. The van der Waals surface area contributed by atoms with E-state index in [-0.39, 0.29) is 6.61 Å². The highest BCUT2D eigenvalue weighted by atomic mass is 16.3. The Balaban J connectivity index is 2.00. The highest BCUT2D eigenvalue weighted by molar-refractivity contribution is 5.81. The van der Waals surface area contributed by atoms with Crippen molar-refractivity contribution in [2.45, 2.75) is 44.7 Å². The molecule has 1 aliphatic heterocycles. The minimum absolute atomic E-state index is 0.242. The molecule has 0 radical (unpaired) electrons. The van der Waals surface area contributed by atoms with Gasteiger partial charge in [0.15, 0.2) is 0 Å². The summed E-state index contributed by atoms with van der Waals surface area (Å²) in [4.78, 5) is 13.6. The first-order valence-electron chi connectivity index (χ1n) is 5.60. The fourth-order valence-corrected chi connectivity index (χ4v) is 2.85. The summed E-state index contributed by atoms with van der Waals surface area (Å²) >= 11 is 0. The summed E-state index contributed by atoms with van der Waals surface area (Å²) in [6, 6.07) is 0.718. The van der Waals surface area contributed by atoms with E-state index in [0.29, 0.717) is 30.2 Å². The van der Waals surface area contributed by atoms with Crippen molar-refractivity contribution in [2.75, 3.05) is 13.2 Å². The fraction of sp³-hybridized carbons (Fsp3) is 0.909. The second-order valence-corrected chi connectivity index (χ2v) is 4.69. The first-order chi connectivity index (χ1) is 6.72. The predicted molar refractivity (Wildman–Crippen MR) is 54.0 cm³/mol. The average Bonchev–Trinajstić information content (AvgIpc) is 2.71. The minimum atomic E-state index is 0.242. The Labute approximate surface area is 85.1 Å². The summed E-state index contributed by atoms with van der Waals surface area (Å²) < 4.78 is 0. The van der Waals surface area contributed by atoms with Gasteiger partial charge in [-0.3, -0.25) is 9.69 Å². The molecule has 2 aliphatic rings. The molecule has 0 bridgehead atoms. The average molecular weight is 197 g/mol. The number of aliphatic hydroxyl groups excluding tert-OH is 1. The molecule has 0 aromatic rings. The van der Waals surface area contributed by atoms with Crippen LogP contribution in [0, 0.1) is 5.92 Å². The number of hydrogen-bond acceptors (Lipinski definition) is 3. The molecule has 1 N–H and O–H groups in total. The summed E-state index contributed by atoms with van der Waals surface area (Å²) in [6.45, 7) is 3.49. The van der Waals surface area contributed by atoms with Crippen molar-refractivity contribution in [3.63, 3.8) is 0 Å². The van der Waals surface area contributed by atoms with Crippen LogP contribution >= 0.6 is 0 Å². The molecule has 3 unspecified atom stereocenters. The number of aliphatic hydroxyl groups is 1. The summed E-state index contributed by atoms with van der Waals surface area (Å²) in [5.41, 5.74) is 0. The Hall–Kier alpha value is -0.410. The van der Waals surface area contributed by atoms with E-state index in [4.69, 9.17) is 0 Å². The van der Waals surface area contributed by atoms with Crippen LogP contribution in [0.4, 0.5) is 0 Å². The molecule has 14 heavy (non-hydrogen) atoms. The zero-order valence-electron chi connectivity index (χ0n) is 8.78. The van der Waals surface area contributed by atoms with Crippen LogP contribution in [0.3, 0.4) is 0 Å². The summed E-state index contributed by atoms with van der Waals surface area (Å²) in [7, 11) is 0. The zero-order chi connectivity index (χ0) is 10.1. The lowest BCUT2D eigenvalue weighted by atomic mass is 10.0. The van der Waals surface area contributed by atoms with E-state index in [0.717, 1.165) is 25.8 Å². The molecule has 3 heteroatoms. The molecule has 3 nitrogen and oxygen atoms in total. The molecule has 0 amide bonds. The van der Waals surface area contributed by atoms with Gasteiger partial charge in [-0.15, -0.1) is 0 Å². The maximum absolute atomic E-state index is 11.2. The van der Waals surface area contributed by atoms with Crippen LogP contribution in [0.15, 0.2) is 0 Å². The molecule has 80 valence electrons. The van der Waals surface area contributed by atoms with Crippen molar-refractivity contribution < 1.29 is 9.90 Å². The Morgan fingerprint density at radius 1 is 1.50 bits per heavy atom. The topological polar surface area (TPSA) is 40.5 Å². The Morgan fingerprint density at radius 3 is 2.86 bits per heavy atom. The third kappa shape index (κ3) is 1.71. The maximum atomic E-state index is 11.2. The molecule has 0 spiro atoms. The van der Waals surface area contributed by atoms with Gasteiger partial charge in [0.25, 0.3) is 0 Å². The lowest BCUT2D eigenvalue weighted by molar-refractivity contribution is -0.117. The summed E-state index contributed by atoms with van der Waals surface area (Å²) in [6.07, 6.45) is 3.62. The highest BCUT2D eigenvalue weighted by Gasteiger charge is 2.37. The lowest BCUT2D eigenvalue weighted by Gasteiger charge is -2.30.